The van der Waals surface area contributed by atoms with Gasteiger partial charge in [0, 0.05) is 9.86 Å². The Morgan fingerprint density at radius 3 is 2.74 bits per heavy atom. The Hall–Kier alpha value is -1.62. The maximum Gasteiger partial charge on any atom is 0.338 e. The molecule has 1 aromatic carbocycles. The van der Waals surface area contributed by atoms with E-state index in [9.17, 15) is 4.79 Å². The van der Waals surface area contributed by atoms with Gasteiger partial charge in [0.15, 0.2) is 0 Å². The van der Waals surface area contributed by atoms with E-state index >= 15 is 0 Å². The molecule has 4 nitrogen and oxygen atoms in total. The second kappa shape index (κ2) is 5.57. The Morgan fingerprint density at radius 2 is 2.11 bits per heavy atom. The fraction of sp³-hybridized carbons (Fsp3) is 0.286. The summed E-state index contributed by atoms with van der Waals surface area (Å²) in [6.07, 6.45) is 0. The molecule has 0 aliphatic heterocycles. The molecular weight excluding hydrogens is 310 g/mol. The van der Waals surface area contributed by atoms with Crippen molar-refractivity contribution < 1.29 is 14.3 Å². The Labute approximate surface area is 119 Å². The molecule has 100 valence electrons. The average molecular weight is 324 g/mol. The predicted molar refractivity (Wildman–Crippen MR) is 76.7 cm³/mol. The van der Waals surface area contributed by atoms with Gasteiger partial charge in [0.05, 0.1) is 25.0 Å². The second-order valence-corrected chi connectivity index (χ2v) is 4.88. The number of pyridine rings is 1. The number of methoxy groups -OCH3 is 1. The van der Waals surface area contributed by atoms with Gasteiger partial charge < -0.3 is 9.47 Å². The molecule has 0 atom stereocenters. The number of hydrogen-bond acceptors (Lipinski definition) is 4. The van der Waals surface area contributed by atoms with Gasteiger partial charge in [0.1, 0.15) is 11.3 Å². The zero-order valence-corrected chi connectivity index (χ0v) is 12.6. The summed E-state index contributed by atoms with van der Waals surface area (Å²) in [4.78, 5) is 16.3. The lowest BCUT2D eigenvalue weighted by Crippen LogP contribution is -2.05. The van der Waals surface area contributed by atoms with Gasteiger partial charge in [-0.25, -0.2) is 9.78 Å². The number of halogens is 1. The Morgan fingerprint density at radius 1 is 1.37 bits per heavy atom. The van der Waals surface area contributed by atoms with Crippen molar-refractivity contribution in [2.24, 2.45) is 0 Å². The van der Waals surface area contributed by atoms with Crippen LogP contribution in [-0.4, -0.2) is 24.7 Å². The summed E-state index contributed by atoms with van der Waals surface area (Å²) in [5, 5.41) is 0.833. The standard InChI is InChI=1S/C14H14BrNO3/c1-4-19-14(17)10-5-9-6-11(15)8(2)16-13(9)12(7-10)18-3/h5-7H,4H2,1-3H3. The Bertz CT molecular complexity index is 640. The van der Waals surface area contributed by atoms with Crippen LogP contribution in [0.2, 0.25) is 0 Å². The van der Waals surface area contributed by atoms with Crippen molar-refractivity contribution in [3.05, 3.63) is 33.9 Å². The molecular formula is C14H14BrNO3. The largest absolute Gasteiger partial charge is 0.494 e. The number of rotatable bonds is 3. The molecule has 0 fully saturated rings. The first-order chi connectivity index (χ1) is 9.06. The van der Waals surface area contributed by atoms with Gasteiger partial charge in [0.2, 0.25) is 0 Å². The van der Waals surface area contributed by atoms with Gasteiger partial charge in [-0.1, -0.05) is 0 Å². The smallest absolute Gasteiger partial charge is 0.338 e. The molecule has 19 heavy (non-hydrogen) atoms. The van der Waals surface area contributed by atoms with E-state index < -0.39 is 0 Å². The summed E-state index contributed by atoms with van der Waals surface area (Å²) < 4.78 is 11.2. The number of hydrogen-bond donors (Lipinski definition) is 0. The number of aromatic nitrogens is 1. The van der Waals surface area contributed by atoms with Gasteiger partial charge in [-0.3, -0.25) is 0 Å². The maximum absolute atomic E-state index is 11.8. The molecule has 5 heteroatoms. The van der Waals surface area contributed by atoms with E-state index in [0.717, 1.165) is 21.1 Å². The van der Waals surface area contributed by atoms with E-state index in [0.29, 0.717) is 17.9 Å². The van der Waals surface area contributed by atoms with E-state index in [1.165, 1.54) is 0 Å². The molecule has 0 spiro atoms. The molecule has 2 aromatic rings. The van der Waals surface area contributed by atoms with Crippen LogP contribution in [0.3, 0.4) is 0 Å². The maximum atomic E-state index is 11.8. The second-order valence-electron chi connectivity index (χ2n) is 4.03. The van der Waals surface area contributed by atoms with Crippen LogP contribution in [0.4, 0.5) is 0 Å². The van der Waals surface area contributed by atoms with Crippen LogP contribution in [0.25, 0.3) is 10.9 Å². The SMILES string of the molecule is CCOC(=O)c1cc(OC)c2nc(C)c(Br)cc2c1. The number of ether oxygens (including phenoxy) is 2. The summed E-state index contributed by atoms with van der Waals surface area (Å²) >= 11 is 3.44. The lowest BCUT2D eigenvalue weighted by molar-refractivity contribution is 0.0526. The first-order valence-corrected chi connectivity index (χ1v) is 6.68. The molecule has 0 radical (unpaired) electrons. The molecule has 0 aliphatic carbocycles. The van der Waals surface area contributed by atoms with Gasteiger partial charge in [-0.2, -0.15) is 0 Å². The van der Waals surface area contributed by atoms with E-state index in [-0.39, 0.29) is 5.97 Å². The highest BCUT2D eigenvalue weighted by atomic mass is 79.9. The van der Waals surface area contributed by atoms with Crippen molar-refractivity contribution in [1.82, 2.24) is 4.98 Å². The quantitative estimate of drug-likeness (QED) is 0.811. The highest BCUT2D eigenvalue weighted by molar-refractivity contribution is 9.10. The van der Waals surface area contributed by atoms with E-state index in [1.54, 1.807) is 26.2 Å². The summed E-state index contributed by atoms with van der Waals surface area (Å²) in [5.74, 6) is 0.204. The van der Waals surface area contributed by atoms with Gasteiger partial charge in [0.25, 0.3) is 0 Å². The minimum Gasteiger partial charge on any atom is -0.494 e. The molecule has 0 N–H and O–H groups in total. The summed E-state index contributed by atoms with van der Waals surface area (Å²) in [7, 11) is 1.56. The number of nitrogens with zero attached hydrogens (tertiary/aromatic N) is 1. The van der Waals surface area contributed by atoms with Crippen molar-refractivity contribution in [1.29, 1.82) is 0 Å². The third-order valence-electron chi connectivity index (χ3n) is 2.74. The Balaban J connectivity index is 2.65. The molecule has 2 rings (SSSR count). The van der Waals surface area contributed by atoms with Crippen LogP contribution in [0.5, 0.6) is 5.75 Å². The molecule has 1 heterocycles. The first-order valence-electron chi connectivity index (χ1n) is 5.88. The fourth-order valence-electron chi connectivity index (χ4n) is 1.81. The highest BCUT2D eigenvalue weighted by Gasteiger charge is 2.13. The summed E-state index contributed by atoms with van der Waals surface area (Å²) in [6.45, 7) is 4.02. The van der Waals surface area contributed by atoms with Gasteiger partial charge in [-0.05, 0) is 48.0 Å². The first kappa shape index (κ1) is 13.8. The number of aryl methyl sites for hydroxylation is 1. The third-order valence-corrected chi connectivity index (χ3v) is 3.55. The van der Waals surface area contributed by atoms with Crippen LogP contribution in [0.15, 0.2) is 22.7 Å². The molecule has 0 saturated heterocycles. The van der Waals surface area contributed by atoms with Crippen molar-refractivity contribution in [3.8, 4) is 5.75 Å². The van der Waals surface area contributed by atoms with E-state index in [4.69, 9.17) is 9.47 Å². The zero-order chi connectivity index (χ0) is 14.0. The molecule has 0 saturated carbocycles. The fourth-order valence-corrected chi connectivity index (χ4v) is 2.14. The van der Waals surface area contributed by atoms with Crippen molar-refractivity contribution in [2.75, 3.05) is 13.7 Å². The van der Waals surface area contributed by atoms with Crippen LogP contribution >= 0.6 is 15.9 Å². The van der Waals surface area contributed by atoms with Crippen LogP contribution in [0, 0.1) is 6.92 Å². The van der Waals surface area contributed by atoms with Gasteiger partial charge >= 0.3 is 5.97 Å². The normalized spacial score (nSPS) is 10.5. The zero-order valence-electron chi connectivity index (χ0n) is 11.0. The van der Waals surface area contributed by atoms with Gasteiger partial charge in [-0.15, -0.1) is 0 Å². The van der Waals surface area contributed by atoms with Crippen LogP contribution in [0.1, 0.15) is 23.0 Å². The number of esters is 1. The topological polar surface area (TPSA) is 48.4 Å². The molecule has 0 bridgehead atoms. The minimum absolute atomic E-state index is 0.342. The third kappa shape index (κ3) is 2.71. The average Bonchev–Trinajstić information content (AvgIpc) is 2.39. The highest BCUT2D eigenvalue weighted by Crippen LogP contribution is 2.29. The van der Waals surface area contributed by atoms with E-state index in [2.05, 4.69) is 20.9 Å². The predicted octanol–water partition coefficient (Wildman–Crippen LogP) is 3.49. The number of fused-ring (bicyclic) bond motifs is 1. The monoisotopic (exact) mass is 323 g/mol. The number of benzene rings is 1. The van der Waals surface area contributed by atoms with Crippen molar-refractivity contribution >= 4 is 32.8 Å². The van der Waals surface area contributed by atoms with Crippen LogP contribution in [-0.2, 0) is 4.74 Å². The van der Waals surface area contributed by atoms with E-state index in [1.807, 2.05) is 13.0 Å². The number of carbonyl (C=O) groups is 1. The lowest BCUT2D eigenvalue weighted by atomic mass is 10.1. The summed E-state index contributed by atoms with van der Waals surface area (Å²) in [5.41, 5.74) is 2.06. The molecule has 1 aromatic heterocycles. The molecule has 0 unspecified atom stereocenters. The number of carbonyl (C=O) groups excluding carboxylic acids is 1. The molecule has 0 aliphatic rings. The Kier molecular flexibility index (Phi) is 4.04. The lowest BCUT2D eigenvalue weighted by Gasteiger charge is -2.09. The molecule has 0 amide bonds. The van der Waals surface area contributed by atoms with Crippen molar-refractivity contribution in [2.45, 2.75) is 13.8 Å². The minimum atomic E-state index is -0.362. The van der Waals surface area contributed by atoms with Crippen molar-refractivity contribution in [3.63, 3.8) is 0 Å². The summed E-state index contributed by atoms with van der Waals surface area (Å²) in [6, 6.07) is 5.33. The van der Waals surface area contributed by atoms with Crippen LogP contribution < -0.4 is 4.74 Å².